The molecule has 0 atom stereocenters. The molecule has 1 N–H and O–H groups in total. The van der Waals surface area contributed by atoms with E-state index in [1.165, 1.54) is 25.7 Å². The number of hydrogen-bond donors (Lipinski definition) is 1. The van der Waals surface area contributed by atoms with E-state index >= 15 is 0 Å². The quantitative estimate of drug-likeness (QED) is 0.469. The summed E-state index contributed by atoms with van der Waals surface area (Å²) in [5.41, 5.74) is 1.00. The van der Waals surface area contributed by atoms with Crippen LogP contribution in [0.3, 0.4) is 0 Å². The van der Waals surface area contributed by atoms with Gasteiger partial charge in [0.05, 0.1) is 5.56 Å². The number of alkyl halides is 1. The molecule has 0 saturated heterocycles. The SMILES string of the molecule is O=C(NCC1(CBr)CCCC1)c1cc(Br)ccc1I. The standard InChI is InChI=1S/C14H16Br2INO/c15-8-14(5-1-2-6-14)9-18-13(19)11-7-10(16)3-4-12(11)17/h3-4,7H,1-2,5-6,8-9H2,(H,18,19). The second-order valence-corrected chi connectivity index (χ2v) is 7.79. The van der Waals surface area contributed by atoms with Crippen LogP contribution in [0.15, 0.2) is 22.7 Å². The van der Waals surface area contributed by atoms with Crippen molar-refractivity contribution in [1.29, 1.82) is 0 Å². The van der Waals surface area contributed by atoms with Gasteiger partial charge in [0.25, 0.3) is 5.91 Å². The number of nitrogens with one attached hydrogen (secondary N) is 1. The van der Waals surface area contributed by atoms with Crippen LogP contribution < -0.4 is 5.32 Å². The van der Waals surface area contributed by atoms with E-state index in [1.807, 2.05) is 18.2 Å². The third-order valence-corrected chi connectivity index (χ3v) is 6.37. The van der Waals surface area contributed by atoms with Crippen molar-refractivity contribution in [2.24, 2.45) is 5.41 Å². The predicted molar refractivity (Wildman–Crippen MR) is 93.9 cm³/mol. The van der Waals surface area contributed by atoms with Crippen molar-refractivity contribution in [3.8, 4) is 0 Å². The molecule has 5 heteroatoms. The lowest BCUT2D eigenvalue weighted by Gasteiger charge is -2.26. The lowest BCUT2D eigenvalue weighted by atomic mass is 9.89. The van der Waals surface area contributed by atoms with E-state index in [1.54, 1.807) is 0 Å². The predicted octanol–water partition coefficient (Wildman–Crippen LogP) is 4.74. The largest absolute Gasteiger partial charge is 0.351 e. The van der Waals surface area contributed by atoms with Crippen molar-refractivity contribution >= 4 is 60.4 Å². The van der Waals surface area contributed by atoms with Crippen LogP contribution in [0.25, 0.3) is 0 Å². The smallest absolute Gasteiger partial charge is 0.252 e. The van der Waals surface area contributed by atoms with Gasteiger partial charge in [0, 0.05) is 19.9 Å². The third kappa shape index (κ3) is 3.94. The van der Waals surface area contributed by atoms with Gasteiger partial charge >= 0.3 is 0 Å². The molecule has 1 saturated carbocycles. The highest BCUT2D eigenvalue weighted by molar-refractivity contribution is 14.1. The van der Waals surface area contributed by atoms with E-state index in [9.17, 15) is 4.79 Å². The minimum atomic E-state index is 0.0259. The van der Waals surface area contributed by atoms with Crippen LogP contribution in [0.4, 0.5) is 0 Å². The molecule has 19 heavy (non-hydrogen) atoms. The zero-order chi connectivity index (χ0) is 13.9. The summed E-state index contributed by atoms with van der Waals surface area (Å²) in [5.74, 6) is 0.0259. The minimum Gasteiger partial charge on any atom is -0.351 e. The molecular weight excluding hydrogens is 485 g/mol. The number of carbonyl (C=O) groups is 1. The summed E-state index contributed by atoms with van der Waals surface area (Å²) in [5, 5.41) is 4.07. The fourth-order valence-corrected chi connectivity index (χ4v) is 4.22. The molecule has 0 spiro atoms. The Morgan fingerprint density at radius 1 is 1.37 bits per heavy atom. The van der Waals surface area contributed by atoms with Crippen LogP contribution in [0, 0.1) is 8.99 Å². The highest BCUT2D eigenvalue weighted by atomic mass is 127. The minimum absolute atomic E-state index is 0.0259. The number of amides is 1. The molecule has 104 valence electrons. The van der Waals surface area contributed by atoms with Crippen molar-refractivity contribution in [3.63, 3.8) is 0 Å². The summed E-state index contributed by atoms with van der Waals surface area (Å²) in [6.07, 6.45) is 4.95. The molecule has 2 nitrogen and oxygen atoms in total. The first-order valence-electron chi connectivity index (χ1n) is 6.36. The highest BCUT2D eigenvalue weighted by Crippen LogP contribution is 2.39. The van der Waals surface area contributed by atoms with Crippen LogP contribution in [0.1, 0.15) is 36.0 Å². The van der Waals surface area contributed by atoms with Crippen molar-refractivity contribution < 1.29 is 4.79 Å². The molecule has 0 aromatic heterocycles. The first kappa shape index (κ1) is 15.8. The zero-order valence-corrected chi connectivity index (χ0v) is 15.8. The molecule has 1 aliphatic carbocycles. The van der Waals surface area contributed by atoms with Crippen molar-refractivity contribution in [2.45, 2.75) is 25.7 Å². The zero-order valence-electron chi connectivity index (χ0n) is 10.5. The second kappa shape index (κ2) is 6.89. The van der Waals surface area contributed by atoms with Crippen LogP contribution in [-0.4, -0.2) is 17.8 Å². The van der Waals surface area contributed by atoms with E-state index in [2.05, 4.69) is 59.8 Å². The summed E-state index contributed by atoms with van der Waals surface area (Å²) >= 11 is 9.22. The topological polar surface area (TPSA) is 29.1 Å². The van der Waals surface area contributed by atoms with Crippen molar-refractivity contribution in [1.82, 2.24) is 5.32 Å². The van der Waals surface area contributed by atoms with Crippen LogP contribution >= 0.6 is 54.5 Å². The average Bonchev–Trinajstić information content (AvgIpc) is 2.88. The second-order valence-electron chi connectivity index (χ2n) is 5.15. The highest BCUT2D eigenvalue weighted by Gasteiger charge is 2.33. The van der Waals surface area contributed by atoms with Gasteiger partial charge in [0.15, 0.2) is 0 Å². The Kier molecular flexibility index (Phi) is 5.72. The van der Waals surface area contributed by atoms with E-state index in [-0.39, 0.29) is 11.3 Å². The van der Waals surface area contributed by atoms with Gasteiger partial charge in [-0.3, -0.25) is 4.79 Å². The number of hydrogen-bond acceptors (Lipinski definition) is 1. The summed E-state index contributed by atoms with van der Waals surface area (Å²) in [4.78, 5) is 12.3. The molecule has 1 fully saturated rings. The number of rotatable bonds is 4. The molecule has 0 radical (unpaired) electrons. The van der Waals surface area contributed by atoms with Crippen LogP contribution in [0.2, 0.25) is 0 Å². The van der Waals surface area contributed by atoms with E-state index < -0.39 is 0 Å². The molecule has 0 bridgehead atoms. The Morgan fingerprint density at radius 2 is 2.05 bits per heavy atom. The van der Waals surface area contributed by atoms with Crippen LogP contribution in [0.5, 0.6) is 0 Å². The molecule has 0 heterocycles. The molecule has 0 unspecified atom stereocenters. The maximum Gasteiger partial charge on any atom is 0.252 e. The van der Waals surface area contributed by atoms with Crippen molar-refractivity contribution in [3.05, 3.63) is 31.8 Å². The Labute approximate surface area is 144 Å². The number of halogens is 3. The Balaban J connectivity index is 2.03. The first-order valence-corrected chi connectivity index (χ1v) is 9.35. The fraction of sp³-hybridized carbons (Fsp3) is 0.500. The van der Waals surface area contributed by atoms with Gasteiger partial charge in [-0.2, -0.15) is 0 Å². The summed E-state index contributed by atoms with van der Waals surface area (Å²) in [7, 11) is 0. The Hall–Kier alpha value is 0.380. The lowest BCUT2D eigenvalue weighted by Crippen LogP contribution is -2.37. The normalized spacial score (nSPS) is 17.4. The van der Waals surface area contributed by atoms with Gasteiger partial charge in [-0.25, -0.2) is 0 Å². The summed E-state index contributed by atoms with van der Waals surface area (Å²) < 4.78 is 1.92. The van der Waals surface area contributed by atoms with Gasteiger partial charge in [-0.1, -0.05) is 44.7 Å². The maximum absolute atomic E-state index is 12.3. The van der Waals surface area contributed by atoms with Gasteiger partial charge in [0.2, 0.25) is 0 Å². The third-order valence-electron chi connectivity index (χ3n) is 3.74. The van der Waals surface area contributed by atoms with E-state index in [0.29, 0.717) is 0 Å². The summed E-state index contributed by atoms with van der Waals surface area (Å²) in [6, 6.07) is 5.79. The van der Waals surface area contributed by atoms with Gasteiger partial charge < -0.3 is 5.32 Å². The van der Waals surface area contributed by atoms with E-state index in [0.717, 1.165) is 25.5 Å². The molecule has 1 aromatic rings. The molecule has 1 aliphatic rings. The number of benzene rings is 1. The summed E-state index contributed by atoms with van der Waals surface area (Å²) in [6.45, 7) is 0.764. The molecule has 0 aliphatic heterocycles. The molecule has 2 rings (SSSR count). The van der Waals surface area contributed by atoms with E-state index in [4.69, 9.17) is 0 Å². The fourth-order valence-electron chi connectivity index (χ4n) is 2.52. The Morgan fingerprint density at radius 3 is 2.68 bits per heavy atom. The Bertz CT molecular complexity index is 473. The monoisotopic (exact) mass is 499 g/mol. The van der Waals surface area contributed by atoms with Crippen molar-refractivity contribution in [2.75, 3.05) is 11.9 Å². The van der Waals surface area contributed by atoms with Gasteiger partial charge in [0.1, 0.15) is 0 Å². The molecule has 1 aromatic carbocycles. The molecular formula is C14H16Br2INO. The average molecular weight is 501 g/mol. The van der Waals surface area contributed by atoms with Crippen LogP contribution in [-0.2, 0) is 0 Å². The number of carbonyl (C=O) groups excluding carboxylic acids is 1. The molecule has 1 amide bonds. The first-order chi connectivity index (χ1) is 9.06. The van der Waals surface area contributed by atoms with Gasteiger partial charge in [-0.15, -0.1) is 0 Å². The van der Waals surface area contributed by atoms with Gasteiger partial charge in [-0.05, 0) is 59.0 Å². The maximum atomic E-state index is 12.3. The lowest BCUT2D eigenvalue weighted by molar-refractivity contribution is 0.0934.